The lowest BCUT2D eigenvalue weighted by Gasteiger charge is -2.23. The Hall–Kier alpha value is -1.62. The number of nitrogens with zero attached hydrogens (tertiary/aromatic N) is 3. The number of rotatable bonds is 6. The number of aromatic nitrogens is 3. The molecule has 0 aromatic carbocycles. The molecule has 1 aliphatic rings. The average molecular weight is 460 g/mol. The number of halogens is 1. The van der Waals surface area contributed by atoms with Crippen molar-refractivity contribution >= 4 is 39.7 Å². The van der Waals surface area contributed by atoms with E-state index >= 15 is 0 Å². The van der Waals surface area contributed by atoms with Gasteiger partial charge in [-0.1, -0.05) is 0 Å². The van der Waals surface area contributed by atoms with Gasteiger partial charge in [-0.15, -0.1) is 0 Å². The highest BCUT2D eigenvalue weighted by Crippen LogP contribution is 2.29. The van der Waals surface area contributed by atoms with Crippen molar-refractivity contribution in [1.29, 1.82) is 0 Å². The standard InChI is InChI=1S/C16H21IN4O4/c1-10(7-8-18-16(22)23)25-12-6-5-11-14(19-12)15(17)20-21(11)13-4-2-3-9-24-13/h5-6,10,13,18H,2-4,7-9H2,1H3,(H,22,23)/t10-,13?/m1/s1. The normalized spacial score (nSPS) is 18.9. The summed E-state index contributed by atoms with van der Waals surface area (Å²) in [6.45, 7) is 2.99. The quantitative estimate of drug-likeness (QED) is 0.643. The zero-order valence-corrected chi connectivity index (χ0v) is 16.1. The van der Waals surface area contributed by atoms with E-state index in [2.05, 4.69) is 38.0 Å². The van der Waals surface area contributed by atoms with Gasteiger partial charge in [0.25, 0.3) is 0 Å². The third-order valence-corrected chi connectivity index (χ3v) is 4.79. The third kappa shape index (κ3) is 4.51. The molecule has 2 aromatic rings. The van der Waals surface area contributed by atoms with Crippen LogP contribution in [0.1, 0.15) is 38.8 Å². The molecule has 3 rings (SSSR count). The number of carbonyl (C=O) groups is 1. The summed E-state index contributed by atoms with van der Waals surface area (Å²) < 4.78 is 14.3. The molecule has 25 heavy (non-hydrogen) atoms. The number of hydrogen-bond donors (Lipinski definition) is 2. The molecule has 1 unspecified atom stereocenters. The molecule has 2 aromatic heterocycles. The molecule has 0 saturated carbocycles. The minimum absolute atomic E-state index is 0.0330. The summed E-state index contributed by atoms with van der Waals surface area (Å²) in [7, 11) is 0. The van der Waals surface area contributed by atoms with Crippen molar-refractivity contribution in [2.45, 2.75) is 44.9 Å². The van der Waals surface area contributed by atoms with Crippen LogP contribution in [0, 0.1) is 3.70 Å². The second kappa shape index (κ2) is 8.17. The molecule has 8 nitrogen and oxygen atoms in total. The second-order valence-electron chi connectivity index (χ2n) is 6.02. The molecule has 0 aliphatic carbocycles. The predicted molar refractivity (Wildman–Crippen MR) is 99.8 cm³/mol. The highest BCUT2D eigenvalue weighted by Gasteiger charge is 2.21. The van der Waals surface area contributed by atoms with Crippen molar-refractivity contribution in [3.05, 3.63) is 15.8 Å². The van der Waals surface area contributed by atoms with Crippen LogP contribution in [0.15, 0.2) is 12.1 Å². The van der Waals surface area contributed by atoms with Crippen LogP contribution in [-0.2, 0) is 4.74 Å². The fourth-order valence-electron chi connectivity index (χ4n) is 2.82. The Morgan fingerprint density at radius 1 is 1.56 bits per heavy atom. The topological polar surface area (TPSA) is 98.5 Å². The van der Waals surface area contributed by atoms with Crippen molar-refractivity contribution in [1.82, 2.24) is 20.1 Å². The van der Waals surface area contributed by atoms with Crippen LogP contribution >= 0.6 is 22.6 Å². The number of fused-ring (bicyclic) bond motifs is 1. The first-order chi connectivity index (χ1) is 12.0. The Bertz CT molecular complexity index is 745. The zero-order chi connectivity index (χ0) is 17.8. The van der Waals surface area contributed by atoms with Crippen molar-refractivity contribution in [3.8, 4) is 5.88 Å². The fraction of sp³-hybridized carbons (Fsp3) is 0.562. The molecule has 1 aliphatic heterocycles. The lowest BCUT2D eigenvalue weighted by molar-refractivity contribution is -0.0368. The Morgan fingerprint density at radius 2 is 2.40 bits per heavy atom. The van der Waals surface area contributed by atoms with Gasteiger partial charge in [0, 0.05) is 25.6 Å². The second-order valence-corrected chi connectivity index (χ2v) is 7.04. The average Bonchev–Trinajstić information content (AvgIpc) is 2.92. The first-order valence-electron chi connectivity index (χ1n) is 8.34. The molecular weight excluding hydrogens is 439 g/mol. The summed E-state index contributed by atoms with van der Waals surface area (Å²) >= 11 is 2.17. The van der Waals surface area contributed by atoms with E-state index in [4.69, 9.17) is 14.6 Å². The van der Waals surface area contributed by atoms with E-state index in [0.717, 1.165) is 40.6 Å². The van der Waals surface area contributed by atoms with E-state index in [1.54, 1.807) is 0 Å². The van der Waals surface area contributed by atoms with Crippen LogP contribution in [0.5, 0.6) is 5.88 Å². The van der Waals surface area contributed by atoms with Crippen molar-refractivity contribution < 1.29 is 19.4 Å². The van der Waals surface area contributed by atoms with E-state index in [1.165, 1.54) is 0 Å². The van der Waals surface area contributed by atoms with E-state index in [0.29, 0.717) is 18.8 Å². The number of pyridine rings is 1. The van der Waals surface area contributed by atoms with Crippen LogP contribution in [0.25, 0.3) is 11.0 Å². The monoisotopic (exact) mass is 460 g/mol. The molecule has 9 heteroatoms. The van der Waals surface area contributed by atoms with Gasteiger partial charge < -0.3 is 19.9 Å². The van der Waals surface area contributed by atoms with Crippen LogP contribution < -0.4 is 10.1 Å². The third-order valence-electron chi connectivity index (χ3n) is 4.06. The van der Waals surface area contributed by atoms with E-state index in [9.17, 15) is 4.79 Å². The smallest absolute Gasteiger partial charge is 0.404 e. The maximum Gasteiger partial charge on any atom is 0.404 e. The van der Waals surface area contributed by atoms with Crippen molar-refractivity contribution in [2.24, 2.45) is 0 Å². The van der Waals surface area contributed by atoms with Gasteiger partial charge in [0.1, 0.15) is 9.22 Å². The molecule has 0 spiro atoms. The maximum atomic E-state index is 10.5. The molecule has 3 heterocycles. The maximum absolute atomic E-state index is 10.5. The zero-order valence-electron chi connectivity index (χ0n) is 13.9. The first kappa shape index (κ1) is 18.2. The molecule has 2 atom stereocenters. The van der Waals surface area contributed by atoms with Crippen LogP contribution in [0.2, 0.25) is 0 Å². The number of nitrogens with one attached hydrogen (secondary N) is 1. The van der Waals surface area contributed by atoms with Gasteiger partial charge in [0.05, 0.1) is 11.6 Å². The van der Waals surface area contributed by atoms with Gasteiger partial charge >= 0.3 is 6.09 Å². The fourth-order valence-corrected chi connectivity index (χ4v) is 3.44. The number of ether oxygens (including phenoxy) is 2. The van der Waals surface area contributed by atoms with Gasteiger partial charge in [0.15, 0.2) is 6.23 Å². The van der Waals surface area contributed by atoms with Gasteiger partial charge in [-0.3, -0.25) is 0 Å². The molecule has 2 N–H and O–H groups in total. The molecule has 0 bridgehead atoms. The molecule has 0 radical (unpaired) electrons. The van der Waals surface area contributed by atoms with Gasteiger partial charge in [-0.2, -0.15) is 5.10 Å². The Balaban J connectivity index is 1.72. The summed E-state index contributed by atoms with van der Waals surface area (Å²) in [5.74, 6) is 0.511. The lowest BCUT2D eigenvalue weighted by atomic mass is 10.2. The van der Waals surface area contributed by atoms with Gasteiger partial charge in [-0.25, -0.2) is 14.5 Å². The van der Waals surface area contributed by atoms with Crippen LogP contribution in [0.4, 0.5) is 4.79 Å². The van der Waals surface area contributed by atoms with Crippen molar-refractivity contribution in [3.63, 3.8) is 0 Å². The Labute approximate surface area is 159 Å². The van der Waals surface area contributed by atoms with E-state index < -0.39 is 6.09 Å². The summed E-state index contributed by atoms with van der Waals surface area (Å²) in [5, 5.41) is 15.5. The van der Waals surface area contributed by atoms with Gasteiger partial charge in [-0.05, 0) is 54.8 Å². The summed E-state index contributed by atoms with van der Waals surface area (Å²) in [4.78, 5) is 15.0. The minimum Gasteiger partial charge on any atom is -0.475 e. The first-order valence-corrected chi connectivity index (χ1v) is 9.42. The number of amides is 1. The SMILES string of the molecule is C[C@H](CCNC(=O)O)Oc1ccc2c(n1)c(I)nn2C1CCCCO1. The number of hydrogen-bond acceptors (Lipinski definition) is 5. The van der Waals surface area contributed by atoms with Gasteiger partial charge in [0.2, 0.25) is 5.88 Å². The summed E-state index contributed by atoms with van der Waals surface area (Å²) in [5.41, 5.74) is 1.73. The Morgan fingerprint density at radius 3 is 3.12 bits per heavy atom. The highest BCUT2D eigenvalue weighted by atomic mass is 127. The number of carboxylic acid groups (broad SMARTS) is 1. The van der Waals surface area contributed by atoms with E-state index in [1.807, 2.05) is 23.7 Å². The largest absolute Gasteiger partial charge is 0.475 e. The molecular formula is C16H21IN4O4. The lowest BCUT2D eigenvalue weighted by Crippen LogP contribution is -2.26. The molecule has 136 valence electrons. The molecule has 1 amide bonds. The summed E-state index contributed by atoms with van der Waals surface area (Å²) in [6, 6.07) is 3.77. The predicted octanol–water partition coefficient (Wildman–Crippen LogP) is 3.16. The Kier molecular flexibility index (Phi) is 5.94. The summed E-state index contributed by atoms with van der Waals surface area (Å²) in [6.07, 6.45) is 2.55. The van der Waals surface area contributed by atoms with Crippen molar-refractivity contribution in [2.75, 3.05) is 13.2 Å². The highest BCUT2D eigenvalue weighted by molar-refractivity contribution is 14.1. The minimum atomic E-state index is -1.03. The van der Waals surface area contributed by atoms with Crippen LogP contribution in [0.3, 0.4) is 0 Å². The molecule has 1 fully saturated rings. The molecule has 1 saturated heterocycles. The van der Waals surface area contributed by atoms with E-state index in [-0.39, 0.29) is 12.3 Å². The van der Waals surface area contributed by atoms with Crippen LogP contribution in [-0.4, -0.2) is 45.2 Å².